The Hall–Kier alpha value is -1.46. The summed E-state index contributed by atoms with van der Waals surface area (Å²) in [4.78, 5) is 14.0. The molecule has 1 heterocycles. The topological polar surface area (TPSA) is 50.8 Å². The number of benzene rings is 1. The minimum Gasteiger partial charge on any atom is -0.495 e. The van der Waals surface area contributed by atoms with Crippen LogP contribution in [0.25, 0.3) is 0 Å². The van der Waals surface area contributed by atoms with Gasteiger partial charge in [-0.3, -0.25) is 10.2 Å². The van der Waals surface area contributed by atoms with E-state index in [4.69, 9.17) is 9.47 Å². The maximum absolute atomic E-state index is 11.7. The van der Waals surface area contributed by atoms with Crippen molar-refractivity contribution in [3.63, 3.8) is 0 Å². The smallest absolute Gasteiger partial charge is 0.411 e. The van der Waals surface area contributed by atoms with Gasteiger partial charge in [0.1, 0.15) is 12.4 Å². The van der Waals surface area contributed by atoms with Crippen LogP contribution in [0.15, 0.2) is 24.3 Å². The number of piperidine rings is 1. The van der Waals surface area contributed by atoms with E-state index >= 15 is 0 Å². The van der Waals surface area contributed by atoms with Crippen molar-refractivity contribution in [3.05, 3.63) is 24.3 Å². The lowest BCUT2D eigenvalue weighted by Crippen LogP contribution is -2.33. The van der Waals surface area contributed by atoms with Crippen molar-refractivity contribution in [2.75, 3.05) is 38.7 Å². The molecule has 0 unspecified atom stereocenters. The highest BCUT2D eigenvalue weighted by Crippen LogP contribution is 2.22. The van der Waals surface area contributed by atoms with Gasteiger partial charge in [0.15, 0.2) is 0 Å². The van der Waals surface area contributed by atoms with Crippen molar-refractivity contribution in [1.82, 2.24) is 4.90 Å². The predicted molar refractivity (Wildman–Crippen MR) is 85.5 cm³/mol. The van der Waals surface area contributed by atoms with Gasteiger partial charge in [0.2, 0.25) is 0 Å². The van der Waals surface area contributed by atoms with Crippen molar-refractivity contribution in [2.45, 2.75) is 19.3 Å². The number of anilines is 1. The number of nitrogens with one attached hydrogen (secondary N) is 1. The summed E-state index contributed by atoms with van der Waals surface area (Å²) in [6.45, 7) is 3.44. The Labute approximate surface area is 132 Å². The summed E-state index contributed by atoms with van der Waals surface area (Å²) < 4.78 is 10.4. The molecule has 1 N–H and O–H groups in total. The number of ether oxygens (including phenoxy) is 2. The largest absolute Gasteiger partial charge is 0.495 e. The Bertz CT molecular complexity index is 437. The third-order valence-corrected chi connectivity index (χ3v) is 3.43. The molecule has 0 bridgehead atoms. The fourth-order valence-electron chi connectivity index (χ4n) is 2.34. The average molecular weight is 315 g/mol. The number of hydrogen-bond donors (Lipinski definition) is 1. The van der Waals surface area contributed by atoms with Crippen LogP contribution in [0.2, 0.25) is 0 Å². The molecule has 0 aromatic heterocycles. The van der Waals surface area contributed by atoms with Crippen LogP contribution in [-0.2, 0) is 4.74 Å². The van der Waals surface area contributed by atoms with Gasteiger partial charge < -0.3 is 9.47 Å². The van der Waals surface area contributed by atoms with Gasteiger partial charge >= 0.3 is 6.09 Å². The standard InChI is InChI=1S/C15H22N2O3.ClH/c1-19-14-8-4-3-7-13(14)16-15(18)20-12-11-17-9-5-2-6-10-17;/h3-4,7-8H,2,5-6,9-12H2,1H3,(H,16,18);1H. The lowest BCUT2D eigenvalue weighted by Gasteiger charge is -2.25. The third kappa shape index (κ3) is 5.81. The molecule has 118 valence electrons. The fourth-order valence-corrected chi connectivity index (χ4v) is 2.34. The Morgan fingerprint density at radius 2 is 1.95 bits per heavy atom. The first-order valence-corrected chi connectivity index (χ1v) is 7.09. The first-order chi connectivity index (χ1) is 9.79. The highest BCUT2D eigenvalue weighted by atomic mass is 35.5. The van der Waals surface area contributed by atoms with Crippen molar-refractivity contribution >= 4 is 24.2 Å². The second-order valence-electron chi connectivity index (χ2n) is 4.86. The predicted octanol–water partition coefficient (Wildman–Crippen LogP) is 3.15. The second kappa shape index (κ2) is 9.47. The van der Waals surface area contributed by atoms with Crippen LogP contribution in [0.5, 0.6) is 5.75 Å². The molecule has 1 aromatic rings. The van der Waals surface area contributed by atoms with E-state index in [0.717, 1.165) is 19.6 Å². The quantitative estimate of drug-likeness (QED) is 0.907. The molecule has 0 saturated carbocycles. The van der Waals surface area contributed by atoms with Gasteiger partial charge in [0.25, 0.3) is 0 Å². The first-order valence-electron chi connectivity index (χ1n) is 7.09. The zero-order chi connectivity index (χ0) is 14.2. The summed E-state index contributed by atoms with van der Waals surface area (Å²) in [5.41, 5.74) is 0.623. The van der Waals surface area contributed by atoms with E-state index in [1.807, 2.05) is 12.1 Å². The summed E-state index contributed by atoms with van der Waals surface area (Å²) in [6, 6.07) is 7.27. The SMILES string of the molecule is COc1ccccc1NC(=O)OCCN1CCCCC1.Cl. The maximum Gasteiger partial charge on any atom is 0.411 e. The molecular weight excluding hydrogens is 292 g/mol. The normalized spacial score (nSPS) is 14.9. The molecule has 1 saturated heterocycles. The highest BCUT2D eigenvalue weighted by Gasteiger charge is 2.11. The van der Waals surface area contributed by atoms with E-state index < -0.39 is 6.09 Å². The number of methoxy groups -OCH3 is 1. The number of carbonyl (C=O) groups excluding carboxylic acids is 1. The maximum atomic E-state index is 11.7. The Morgan fingerprint density at radius 1 is 1.24 bits per heavy atom. The van der Waals surface area contributed by atoms with E-state index in [2.05, 4.69) is 10.2 Å². The van der Waals surface area contributed by atoms with E-state index in [1.165, 1.54) is 19.3 Å². The van der Waals surface area contributed by atoms with Crippen LogP contribution in [0.1, 0.15) is 19.3 Å². The molecule has 1 aliphatic rings. The van der Waals surface area contributed by atoms with Gasteiger partial charge in [-0.1, -0.05) is 18.6 Å². The number of likely N-dealkylation sites (tertiary alicyclic amines) is 1. The molecule has 1 fully saturated rings. The number of halogens is 1. The minimum absolute atomic E-state index is 0. The summed E-state index contributed by atoms with van der Waals surface area (Å²) in [6.07, 6.45) is 3.36. The summed E-state index contributed by atoms with van der Waals surface area (Å²) >= 11 is 0. The van der Waals surface area contributed by atoms with Gasteiger partial charge in [-0.2, -0.15) is 0 Å². The van der Waals surface area contributed by atoms with Crippen LogP contribution in [-0.4, -0.2) is 44.3 Å². The molecule has 0 aliphatic carbocycles. The summed E-state index contributed by atoms with van der Waals surface area (Å²) in [5, 5.41) is 2.69. The van der Waals surface area contributed by atoms with Crippen LogP contribution < -0.4 is 10.1 Å². The molecule has 21 heavy (non-hydrogen) atoms. The molecular formula is C15H23ClN2O3. The molecule has 0 atom stereocenters. The molecule has 1 aromatic carbocycles. The van der Waals surface area contributed by atoms with Crippen molar-refractivity contribution in [2.24, 2.45) is 0 Å². The number of rotatable bonds is 5. The Balaban J connectivity index is 0.00000220. The molecule has 1 amide bonds. The highest BCUT2D eigenvalue weighted by molar-refractivity contribution is 5.86. The van der Waals surface area contributed by atoms with E-state index in [1.54, 1.807) is 19.2 Å². The van der Waals surface area contributed by atoms with Crippen LogP contribution in [0.3, 0.4) is 0 Å². The van der Waals surface area contributed by atoms with Gasteiger partial charge in [-0.15, -0.1) is 12.4 Å². The summed E-state index contributed by atoms with van der Waals surface area (Å²) in [5.74, 6) is 0.625. The van der Waals surface area contributed by atoms with Gasteiger partial charge in [-0.05, 0) is 38.1 Å². The summed E-state index contributed by atoms with van der Waals surface area (Å²) in [7, 11) is 1.57. The first kappa shape index (κ1) is 17.6. The molecule has 6 heteroatoms. The van der Waals surface area contributed by atoms with Gasteiger partial charge in [-0.25, -0.2) is 4.79 Å². The van der Waals surface area contributed by atoms with Crippen molar-refractivity contribution < 1.29 is 14.3 Å². The number of para-hydroxylation sites is 2. The van der Waals surface area contributed by atoms with E-state index in [9.17, 15) is 4.79 Å². The van der Waals surface area contributed by atoms with E-state index in [0.29, 0.717) is 18.0 Å². The van der Waals surface area contributed by atoms with Crippen LogP contribution in [0.4, 0.5) is 10.5 Å². The lowest BCUT2D eigenvalue weighted by atomic mass is 10.1. The van der Waals surface area contributed by atoms with Crippen LogP contribution in [0, 0.1) is 0 Å². The van der Waals surface area contributed by atoms with Crippen molar-refractivity contribution in [1.29, 1.82) is 0 Å². The Morgan fingerprint density at radius 3 is 2.67 bits per heavy atom. The fraction of sp³-hybridized carbons (Fsp3) is 0.533. The Kier molecular flexibility index (Phi) is 7.93. The molecule has 0 radical (unpaired) electrons. The van der Waals surface area contributed by atoms with Crippen molar-refractivity contribution in [3.8, 4) is 5.75 Å². The number of hydrogen-bond acceptors (Lipinski definition) is 4. The zero-order valence-electron chi connectivity index (χ0n) is 12.3. The number of nitrogens with zero attached hydrogens (tertiary/aromatic N) is 1. The van der Waals surface area contributed by atoms with Crippen LogP contribution >= 0.6 is 12.4 Å². The molecule has 1 aliphatic heterocycles. The van der Waals surface area contributed by atoms with E-state index in [-0.39, 0.29) is 12.4 Å². The number of amides is 1. The molecule has 2 rings (SSSR count). The average Bonchev–Trinajstić information content (AvgIpc) is 2.49. The third-order valence-electron chi connectivity index (χ3n) is 3.43. The minimum atomic E-state index is -0.438. The van der Waals surface area contributed by atoms with Gasteiger partial charge in [0.05, 0.1) is 12.8 Å². The number of carbonyl (C=O) groups is 1. The molecule has 5 nitrogen and oxygen atoms in total. The van der Waals surface area contributed by atoms with Gasteiger partial charge in [0, 0.05) is 6.54 Å². The monoisotopic (exact) mass is 314 g/mol. The molecule has 0 spiro atoms. The zero-order valence-corrected chi connectivity index (χ0v) is 13.2. The lowest BCUT2D eigenvalue weighted by molar-refractivity contribution is 0.131. The second-order valence-corrected chi connectivity index (χ2v) is 4.86.